The van der Waals surface area contributed by atoms with Crippen molar-refractivity contribution in [1.29, 1.82) is 0 Å². The number of amides is 3. The van der Waals surface area contributed by atoms with Crippen molar-refractivity contribution in [2.75, 3.05) is 26.3 Å². The number of carbonyl (C=O) groups excluding carboxylic acids is 3. The van der Waals surface area contributed by atoms with Crippen molar-refractivity contribution in [1.82, 2.24) is 15.3 Å². The van der Waals surface area contributed by atoms with Crippen LogP contribution in [0.4, 0.5) is 0 Å². The van der Waals surface area contributed by atoms with Crippen molar-refractivity contribution in [3.63, 3.8) is 0 Å². The van der Waals surface area contributed by atoms with Gasteiger partial charge in [0.2, 0.25) is 5.91 Å². The van der Waals surface area contributed by atoms with Crippen LogP contribution >= 0.6 is 24.0 Å². The van der Waals surface area contributed by atoms with Gasteiger partial charge in [-0.25, -0.2) is 0 Å². The van der Waals surface area contributed by atoms with Crippen LogP contribution in [0.25, 0.3) is 6.08 Å². The van der Waals surface area contributed by atoms with Crippen molar-refractivity contribution in [2.24, 2.45) is 23.2 Å². The van der Waals surface area contributed by atoms with Gasteiger partial charge in [-0.1, -0.05) is 17.8 Å². The summed E-state index contributed by atoms with van der Waals surface area (Å²) in [6, 6.07) is 5.36. The Kier molecular flexibility index (Phi) is 7.35. The molecule has 0 spiro atoms. The fourth-order valence-electron chi connectivity index (χ4n) is 7.52. The van der Waals surface area contributed by atoms with Gasteiger partial charge >= 0.3 is 0 Å². The summed E-state index contributed by atoms with van der Waals surface area (Å²) >= 11 is 6.68. The monoisotopic (exact) mass is 569 g/mol. The molecule has 7 rings (SSSR count). The summed E-state index contributed by atoms with van der Waals surface area (Å²) in [7, 11) is 0. The van der Waals surface area contributed by atoms with E-state index in [1.165, 1.54) is 36.0 Å². The number of thioether (sulfide) groups is 1. The Morgan fingerprint density at radius 1 is 1.08 bits per heavy atom. The van der Waals surface area contributed by atoms with Gasteiger partial charge in [0.05, 0.1) is 16.9 Å². The van der Waals surface area contributed by atoms with Crippen molar-refractivity contribution < 1.29 is 23.9 Å². The van der Waals surface area contributed by atoms with Gasteiger partial charge in [0.15, 0.2) is 22.4 Å². The lowest BCUT2D eigenvalue weighted by atomic mass is 9.49. The summed E-state index contributed by atoms with van der Waals surface area (Å²) in [5.41, 5.74) is 3.28. The first-order chi connectivity index (χ1) is 18.8. The number of carbonyl (C=O) groups is 3. The quantitative estimate of drug-likeness (QED) is 0.363. The zero-order valence-electron chi connectivity index (χ0n) is 22.3. The molecule has 4 bridgehead atoms. The third-order valence-electron chi connectivity index (χ3n) is 8.90. The second kappa shape index (κ2) is 10.8. The Morgan fingerprint density at radius 2 is 1.74 bits per heavy atom. The van der Waals surface area contributed by atoms with E-state index in [4.69, 9.17) is 21.7 Å². The molecule has 2 heterocycles. The highest BCUT2D eigenvalue weighted by Gasteiger charge is 2.55. The van der Waals surface area contributed by atoms with Crippen molar-refractivity contribution >= 4 is 52.1 Å². The van der Waals surface area contributed by atoms with E-state index in [-0.39, 0.29) is 29.7 Å². The van der Waals surface area contributed by atoms with E-state index >= 15 is 0 Å². The number of hydrazine groups is 1. The van der Waals surface area contributed by atoms with E-state index in [1.807, 2.05) is 17.9 Å². The fraction of sp³-hybridized carbons (Fsp3) is 0.586. The van der Waals surface area contributed by atoms with Crippen LogP contribution in [0.15, 0.2) is 23.1 Å². The molecular formula is C29H35N3O5S2. The van der Waals surface area contributed by atoms with E-state index in [9.17, 15) is 14.4 Å². The molecule has 6 aliphatic rings. The van der Waals surface area contributed by atoms with Gasteiger partial charge in [0.25, 0.3) is 11.8 Å². The molecule has 1 aromatic rings. The Hall–Kier alpha value is -2.59. The minimum atomic E-state index is -0.361. The Morgan fingerprint density at radius 3 is 2.38 bits per heavy atom. The second-order valence-electron chi connectivity index (χ2n) is 11.7. The van der Waals surface area contributed by atoms with Crippen LogP contribution in [0.3, 0.4) is 0 Å². The van der Waals surface area contributed by atoms with E-state index < -0.39 is 0 Å². The number of benzene rings is 1. The molecule has 4 aliphatic carbocycles. The van der Waals surface area contributed by atoms with E-state index in [2.05, 4.69) is 5.43 Å². The minimum absolute atomic E-state index is 0.0294. The van der Waals surface area contributed by atoms with Crippen LogP contribution in [0, 0.1) is 23.2 Å². The third kappa shape index (κ3) is 5.29. The average Bonchev–Trinajstić information content (AvgIpc) is 3.53. The topological polar surface area (TPSA) is 88.2 Å². The Labute approximate surface area is 238 Å². The molecule has 208 valence electrons. The summed E-state index contributed by atoms with van der Waals surface area (Å²) in [5, 5.41) is 1.25. The molecule has 3 amide bonds. The highest BCUT2D eigenvalue weighted by Crippen LogP contribution is 2.60. The van der Waals surface area contributed by atoms with Crippen LogP contribution < -0.4 is 14.9 Å². The van der Waals surface area contributed by atoms with Gasteiger partial charge in [-0.2, -0.15) is 5.01 Å². The largest absolute Gasteiger partial charge is 0.490 e. The van der Waals surface area contributed by atoms with Crippen molar-refractivity contribution in [3.8, 4) is 11.5 Å². The first-order valence-corrected chi connectivity index (χ1v) is 15.3. The highest BCUT2D eigenvalue weighted by atomic mass is 32.2. The van der Waals surface area contributed by atoms with E-state index in [1.54, 1.807) is 18.2 Å². The zero-order valence-corrected chi connectivity index (χ0v) is 23.9. The number of nitrogens with one attached hydrogen (secondary N) is 1. The Balaban J connectivity index is 1.13. The van der Waals surface area contributed by atoms with E-state index in [0.717, 1.165) is 50.8 Å². The molecule has 0 unspecified atom stereocenters. The predicted molar refractivity (Wildman–Crippen MR) is 153 cm³/mol. The van der Waals surface area contributed by atoms with Crippen LogP contribution in [0.5, 0.6) is 11.5 Å². The molecule has 0 atom stereocenters. The normalized spacial score (nSPS) is 30.4. The summed E-state index contributed by atoms with van der Waals surface area (Å²) in [6.07, 6.45) is 10.3. The standard InChI is InChI=1S/C29H35N3O5S2/c1-2-36-23-12-18(5-6-22(23)37-17-25(33)31-7-3-4-8-31)13-24-26(34)32(28(38)39-24)30-27(35)29-14-19-9-20(15-29)11-21(10-19)16-29/h5-6,12-13,19-21H,2-4,7-11,14-17H2,1H3,(H,30,35)/b24-13-. The van der Waals surface area contributed by atoms with Crippen molar-refractivity contribution in [3.05, 3.63) is 28.7 Å². The third-order valence-corrected chi connectivity index (χ3v) is 10.2. The fourth-order valence-corrected chi connectivity index (χ4v) is 8.70. The molecule has 1 N–H and O–H groups in total. The molecule has 2 aliphatic heterocycles. The molecule has 0 radical (unpaired) electrons. The van der Waals surface area contributed by atoms with Crippen molar-refractivity contribution in [2.45, 2.75) is 58.3 Å². The molecule has 8 nitrogen and oxygen atoms in total. The molecule has 0 aromatic heterocycles. The highest BCUT2D eigenvalue weighted by molar-refractivity contribution is 8.26. The van der Waals surface area contributed by atoms with Gasteiger partial charge in [-0.05, 0) is 112 Å². The summed E-state index contributed by atoms with van der Waals surface area (Å²) in [6.45, 7) is 3.82. The van der Waals surface area contributed by atoms with Crippen LogP contribution in [-0.4, -0.2) is 58.3 Å². The molecule has 2 saturated heterocycles. The summed E-state index contributed by atoms with van der Waals surface area (Å²) in [4.78, 5) is 41.5. The molecule has 39 heavy (non-hydrogen) atoms. The molecule has 1 aromatic carbocycles. The van der Waals surface area contributed by atoms with Gasteiger partial charge in [-0.15, -0.1) is 0 Å². The minimum Gasteiger partial charge on any atom is -0.490 e. The lowest BCUT2D eigenvalue weighted by Crippen LogP contribution is -2.57. The average molecular weight is 570 g/mol. The van der Waals surface area contributed by atoms with Crippen LogP contribution in [0.2, 0.25) is 0 Å². The molecule has 4 saturated carbocycles. The van der Waals surface area contributed by atoms with Crippen LogP contribution in [-0.2, 0) is 14.4 Å². The number of rotatable bonds is 8. The molecule has 6 fully saturated rings. The van der Waals surface area contributed by atoms with Gasteiger partial charge in [0, 0.05) is 13.1 Å². The lowest BCUT2D eigenvalue weighted by molar-refractivity contribution is -0.152. The van der Waals surface area contributed by atoms with Crippen LogP contribution in [0.1, 0.15) is 63.9 Å². The second-order valence-corrected chi connectivity index (χ2v) is 13.3. The lowest BCUT2D eigenvalue weighted by Gasteiger charge is -2.55. The smallest absolute Gasteiger partial charge is 0.285 e. The predicted octanol–water partition coefficient (Wildman–Crippen LogP) is 4.54. The first-order valence-electron chi connectivity index (χ1n) is 14.1. The van der Waals surface area contributed by atoms with Gasteiger partial charge in [0.1, 0.15) is 0 Å². The SMILES string of the molecule is CCOc1cc(/C=C2\SC(=S)N(NC(=O)C34CC5CC(CC(C5)C3)C4)C2=O)ccc1OCC(=O)N1CCCC1. The number of nitrogens with zero attached hydrogens (tertiary/aromatic N) is 2. The number of thiocarbonyl (C=S) groups is 1. The zero-order chi connectivity index (χ0) is 27.1. The maximum Gasteiger partial charge on any atom is 0.285 e. The maximum absolute atomic E-state index is 13.5. The number of likely N-dealkylation sites (tertiary alicyclic amines) is 1. The van der Waals surface area contributed by atoms with Gasteiger partial charge in [-0.3, -0.25) is 19.8 Å². The maximum atomic E-state index is 13.5. The van der Waals surface area contributed by atoms with Gasteiger partial charge < -0.3 is 14.4 Å². The molecule has 10 heteroatoms. The number of hydrogen-bond donors (Lipinski definition) is 1. The summed E-state index contributed by atoms with van der Waals surface area (Å²) < 4.78 is 11.9. The Bertz CT molecular complexity index is 1190. The molecular weight excluding hydrogens is 534 g/mol. The number of hydrogen-bond acceptors (Lipinski definition) is 7. The summed E-state index contributed by atoms with van der Waals surface area (Å²) in [5.74, 6) is 2.50. The first kappa shape index (κ1) is 26.6. The number of ether oxygens (including phenoxy) is 2. The van der Waals surface area contributed by atoms with E-state index in [0.29, 0.717) is 45.1 Å².